The van der Waals surface area contributed by atoms with Crippen molar-refractivity contribution < 1.29 is 23.8 Å². The lowest BCUT2D eigenvalue weighted by Crippen LogP contribution is -2.60. The van der Waals surface area contributed by atoms with E-state index < -0.39 is 11.7 Å². The van der Waals surface area contributed by atoms with E-state index in [9.17, 15) is 9.59 Å². The van der Waals surface area contributed by atoms with Gasteiger partial charge >= 0.3 is 12.2 Å². The average molecular weight is 390 g/mol. The van der Waals surface area contributed by atoms with Crippen LogP contribution in [0.25, 0.3) is 0 Å². The van der Waals surface area contributed by atoms with Crippen molar-refractivity contribution >= 4 is 12.2 Å². The average Bonchev–Trinajstić information content (AvgIpc) is 2.63. The number of hydrogen-bond donors (Lipinski definition) is 1. The Morgan fingerprint density at radius 1 is 1.14 bits per heavy atom. The van der Waals surface area contributed by atoms with Gasteiger partial charge in [-0.3, -0.25) is 4.90 Å². The molecule has 7 heteroatoms. The van der Waals surface area contributed by atoms with E-state index in [1.54, 1.807) is 0 Å². The molecule has 2 aliphatic heterocycles. The molecule has 2 bridgehead atoms. The largest absolute Gasteiger partial charge is 0.445 e. The zero-order valence-electron chi connectivity index (χ0n) is 16.8. The van der Waals surface area contributed by atoms with Crippen LogP contribution in [-0.2, 0) is 20.8 Å². The van der Waals surface area contributed by atoms with Gasteiger partial charge in [0.2, 0.25) is 0 Å². The minimum absolute atomic E-state index is 0.0267. The molecule has 1 aromatic carbocycles. The third-order valence-electron chi connectivity index (χ3n) is 4.97. The Morgan fingerprint density at radius 2 is 1.79 bits per heavy atom. The molecule has 2 fully saturated rings. The molecule has 154 valence electrons. The smallest absolute Gasteiger partial charge is 0.410 e. The number of hydrogen-bond acceptors (Lipinski definition) is 5. The number of amides is 2. The molecule has 2 saturated heterocycles. The van der Waals surface area contributed by atoms with E-state index in [1.165, 1.54) is 0 Å². The lowest BCUT2D eigenvalue weighted by Gasteiger charge is -2.47. The van der Waals surface area contributed by atoms with E-state index in [-0.39, 0.29) is 30.7 Å². The summed E-state index contributed by atoms with van der Waals surface area (Å²) in [6.45, 7) is 7.32. The molecule has 0 aromatic heterocycles. The molecule has 0 spiro atoms. The fourth-order valence-electron chi connectivity index (χ4n) is 3.83. The number of nitrogens with zero attached hydrogens (tertiary/aromatic N) is 1. The van der Waals surface area contributed by atoms with Crippen LogP contribution in [0.4, 0.5) is 9.59 Å². The van der Waals surface area contributed by atoms with Crippen LogP contribution in [0.3, 0.4) is 0 Å². The summed E-state index contributed by atoms with van der Waals surface area (Å²) in [6.07, 6.45) is 0.846. The molecular formula is C21H30N2O5. The van der Waals surface area contributed by atoms with Crippen LogP contribution in [0, 0.1) is 5.92 Å². The van der Waals surface area contributed by atoms with Crippen molar-refractivity contribution in [2.24, 2.45) is 5.92 Å². The van der Waals surface area contributed by atoms with Gasteiger partial charge in [-0.25, -0.2) is 9.59 Å². The minimum atomic E-state index is -0.514. The predicted octanol–water partition coefficient (Wildman–Crippen LogP) is 3.33. The molecule has 0 aliphatic carbocycles. The third kappa shape index (κ3) is 5.61. The van der Waals surface area contributed by atoms with E-state index in [1.807, 2.05) is 56.0 Å². The molecule has 7 nitrogen and oxygen atoms in total. The molecule has 1 N–H and O–H groups in total. The van der Waals surface area contributed by atoms with E-state index in [0.29, 0.717) is 19.8 Å². The minimum Gasteiger partial charge on any atom is -0.445 e. The topological polar surface area (TPSA) is 77.1 Å². The van der Waals surface area contributed by atoms with Gasteiger partial charge in [-0.2, -0.15) is 0 Å². The van der Waals surface area contributed by atoms with Crippen molar-refractivity contribution in [3.8, 4) is 0 Å². The number of carbonyl (C=O) groups is 2. The maximum Gasteiger partial charge on any atom is 0.410 e. The summed E-state index contributed by atoms with van der Waals surface area (Å²) >= 11 is 0. The Balaban J connectivity index is 1.51. The van der Waals surface area contributed by atoms with Crippen molar-refractivity contribution in [2.45, 2.75) is 57.9 Å². The maximum absolute atomic E-state index is 12.7. The maximum atomic E-state index is 12.7. The number of nitrogens with one attached hydrogen (secondary N) is 1. The molecule has 28 heavy (non-hydrogen) atoms. The van der Waals surface area contributed by atoms with Crippen LogP contribution >= 0.6 is 0 Å². The van der Waals surface area contributed by atoms with Gasteiger partial charge in [0.15, 0.2) is 0 Å². The van der Waals surface area contributed by atoms with Crippen LogP contribution in [0.15, 0.2) is 30.3 Å². The van der Waals surface area contributed by atoms with Gasteiger partial charge in [-0.05, 0) is 45.1 Å². The first-order valence-electron chi connectivity index (χ1n) is 9.85. The number of benzene rings is 1. The van der Waals surface area contributed by atoms with Crippen molar-refractivity contribution in [1.82, 2.24) is 10.2 Å². The lowest BCUT2D eigenvalue weighted by atomic mass is 9.85. The summed E-state index contributed by atoms with van der Waals surface area (Å²) in [5, 5.41) is 2.85. The van der Waals surface area contributed by atoms with Crippen LogP contribution in [0.5, 0.6) is 0 Å². The zero-order chi connectivity index (χ0) is 20.1. The normalized spacial score (nSPS) is 24.4. The van der Waals surface area contributed by atoms with Gasteiger partial charge in [0.05, 0.1) is 25.3 Å². The molecule has 2 heterocycles. The number of fused-ring (bicyclic) bond motifs is 2. The summed E-state index contributed by atoms with van der Waals surface area (Å²) in [4.78, 5) is 26.4. The highest BCUT2D eigenvalue weighted by atomic mass is 16.6. The fraction of sp³-hybridized carbons (Fsp3) is 0.619. The molecule has 1 aromatic rings. The van der Waals surface area contributed by atoms with Gasteiger partial charge in [0.1, 0.15) is 12.2 Å². The first kappa shape index (κ1) is 20.5. The highest BCUT2D eigenvalue weighted by Crippen LogP contribution is 2.32. The molecule has 2 atom stereocenters. The second-order valence-corrected chi connectivity index (χ2v) is 8.51. The Labute approximate surface area is 166 Å². The second-order valence-electron chi connectivity index (χ2n) is 8.51. The highest BCUT2D eigenvalue weighted by Gasteiger charge is 2.42. The van der Waals surface area contributed by atoms with E-state index >= 15 is 0 Å². The fourth-order valence-corrected chi connectivity index (χ4v) is 3.83. The molecule has 2 aliphatic rings. The summed E-state index contributed by atoms with van der Waals surface area (Å²) in [7, 11) is 0. The monoisotopic (exact) mass is 390 g/mol. The molecule has 2 amide bonds. The Kier molecular flexibility index (Phi) is 6.44. The second kappa shape index (κ2) is 8.82. The summed E-state index contributed by atoms with van der Waals surface area (Å²) in [6, 6.07) is 9.60. The molecule has 3 rings (SSSR count). The summed E-state index contributed by atoms with van der Waals surface area (Å²) in [5.41, 5.74) is 0.453. The van der Waals surface area contributed by atoms with Gasteiger partial charge in [0, 0.05) is 6.54 Å². The standard InChI is InChI=1S/C21H30N2O5/c1-21(2,3)28-19(24)22-11-16-9-17-13-26-14-18(10-16)23(17)20(25)27-12-15-7-5-4-6-8-15/h4-8,16-18H,9-14H2,1-3H3,(H,22,24). The summed E-state index contributed by atoms with van der Waals surface area (Å²) in [5.74, 6) is 0.282. The Morgan fingerprint density at radius 3 is 2.39 bits per heavy atom. The van der Waals surface area contributed by atoms with Crippen molar-refractivity contribution in [2.75, 3.05) is 19.8 Å². The first-order valence-corrected chi connectivity index (χ1v) is 9.85. The molecule has 0 saturated carbocycles. The van der Waals surface area contributed by atoms with Crippen LogP contribution < -0.4 is 5.32 Å². The van der Waals surface area contributed by atoms with Crippen LogP contribution in [0.1, 0.15) is 39.2 Å². The molecule has 2 unspecified atom stereocenters. The number of ether oxygens (including phenoxy) is 3. The van der Waals surface area contributed by atoms with Gasteiger partial charge in [-0.1, -0.05) is 30.3 Å². The van der Waals surface area contributed by atoms with Crippen molar-refractivity contribution in [3.05, 3.63) is 35.9 Å². The van der Waals surface area contributed by atoms with Crippen LogP contribution in [0.2, 0.25) is 0 Å². The SMILES string of the molecule is CC(C)(C)OC(=O)NCC1CC2COCC(C1)N2C(=O)OCc1ccccc1. The third-order valence-corrected chi connectivity index (χ3v) is 4.97. The Bertz CT molecular complexity index is 659. The summed E-state index contributed by atoms with van der Waals surface area (Å²) < 4.78 is 16.5. The van der Waals surface area contributed by atoms with E-state index in [4.69, 9.17) is 14.2 Å². The highest BCUT2D eigenvalue weighted by molar-refractivity contribution is 5.69. The van der Waals surface area contributed by atoms with Crippen molar-refractivity contribution in [1.29, 1.82) is 0 Å². The predicted molar refractivity (Wildman–Crippen MR) is 104 cm³/mol. The number of piperidine rings is 1. The molecule has 0 radical (unpaired) electrons. The number of alkyl carbamates (subject to hydrolysis) is 1. The Hall–Kier alpha value is -2.28. The number of morpholine rings is 1. The van der Waals surface area contributed by atoms with Gasteiger partial charge in [-0.15, -0.1) is 0 Å². The zero-order valence-corrected chi connectivity index (χ0v) is 16.8. The van der Waals surface area contributed by atoms with Crippen molar-refractivity contribution in [3.63, 3.8) is 0 Å². The van der Waals surface area contributed by atoms with E-state index in [0.717, 1.165) is 18.4 Å². The first-order chi connectivity index (χ1) is 13.3. The quantitative estimate of drug-likeness (QED) is 0.853. The number of rotatable bonds is 4. The molecular weight excluding hydrogens is 360 g/mol. The van der Waals surface area contributed by atoms with Gasteiger partial charge < -0.3 is 19.5 Å². The van der Waals surface area contributed by atoms with E-state index in [2.05, 4.69) is 5.32 Å². The van der Waals surface area contributed by atoms with Gasteiger partial charge in [0.25, 0.3) is 0 Å². The van der Waals surface area contributed by atoms with Crippen LogP contribution in [-0.4, -0.2) is 54.5 Å². The number of carbonyl (C=O) groups excluding carboxylic acids is 2. The lowest BCUT2D eigenvalue weighted by molar-refractivity contribution is -0.0792.